The molecule has 3 rings (SSSR count). The van der Waals surface area contributed by atoms with Crippen molar-refractivity contribution in [1.82, 2.24) is 19.7 Å². The Balaban J connectivity index is 0.000000910. The smallest absolute Gasteiger partial charge is 0.294 e. The van der Waals surface area contributed by atoms with Crippen molar-refractivity contribution in [2.75, 3.05) is 26.2 Å². The fraction of sp³-hybridized carbons (Fsp3) is 0.714. The number of imide groups is 3. The van der Waals surface area contributed by atoms with Crippen molar-refractivity contribution in [2.45, 2.75) is 206 Å². The van der Waals surface area contributed by atoms with Gasteiger partial charge in [-0.15, -0.1) is 0 Å². The van der Waals surface area contributed by atoms with Crippen LogP contribution in [-0.2, 0) is 64.7 Å². The summed E-state index contributed by atoms with van der Waals surface area (Å²) in [6.45, 7) is 19.1. The third-order valence-electron chi connectivity index (χ3n) is 15.1. The van der Waals surface area contributed by atoms with Crippen LogP contribution >= 0.6 is 25.6 Å². The Kier molecular flexibility index (Phi) is 36.6. The number of carbonyl (C=O) groups excluding carboxylic acids is 4. The molecular formula is C56H95N5O12S5. The average Bonchev–Trinajstić information content (AvgIpc) is 3.74. The number of thiol groups is 2. The van der Waals surface area contributed by atoms with E-state index in [0.717, 1.165) is 106 Å². The predicted octanol–water partition coefficient (Wildman–Crippen LogP) is 11.5. The van der Waals surface area contributed by atoms with Crippen LogP contribution in [0.5, 0.6) is 11.5 Å². The van der Waals surface area contributed by atoms with Crippen LogP contribution in [0.1, 0.15) is 199 Å². The molecule has 0 saturated carbocycles. The van der Waals surface area contributed by atoms with Crippen LogP contribution < -0.4 is 19.5 Å². The Morgan fingerprint density at radius 2 is 1.09 bits per heavy atom. The molecule has 0 bridgehead atoms. The molecule has 78 heavy (non-hydrogen) atoms. The topological polar surface area (TPSA) is 270 Å². The first kappa shape index (κ1) is 72.8. The Hall–Kier alpha value is -3.22. The normalized spacial score (nSPS) is 15.1. The van der Waals surface area contributed by atoms with Crippen LogP contribution in [0.3, 0.4) is 0 Å². The van der Waals surface area contributed by atoms with Crippen molar-refractivity contribution in [2.24, 2.45) is 35.5 Å². The van der Waals surface area contributed by atoms with Gasteiger partial charge < -0.3 is 15.2 Å². The summed E-state index contributed by atoms with van der Waals surface area (Å²) < 4.78 is 84.4. The predicted molar refractivity (Wildman–Crippen MR) is 318 cm³/mol. The third-order valence-corrected chi connectivity index (χ3v) is 17.2. The Labute approximate surface area is 484 Å². The summed E-state index contributed by atoms with van der Waals surface area (Å²) in [5.74, 6) is 2.83. The molecule has 4 amide bonds. The largest absolute Gasteiger partial charge is 0.507 e. The van der Waals surface area contributed by atoms with Crippen LogP contribution in [-0.4, -0.2) is 85.8 Å². The highest BCUT2D eigenvalue weighted by molar-refractivity contribution is 7.86. The van der Waals surface area contributed by atoms with Gasteiger partial charge in [0.05, 0.1) is 16.3 Å². The molecular weight excluding hydrogens is 1090 g/mol. The molecule has 0 radical (unpaired) electrons. The number of aryl methyl sites for hydroxylation is 2. The zero-order chi connectivity index (χ0) is 59.0. The van der Waals surface area contributed by atoms with Gasteiger partial charge in [0.25, 0.3) is 20.2 Å². The number of hydrogen-bond donors (Lipinski definition) is 9. The summed E-state index contributed by atoms with van der Waals surface area (Å²) in [6, 6.07) is 4.70. The molecule has 2 aromatic carbocycles. The van der Waals surface area contributed by atoms with E-state index in [2.05, 4.69) is 94.4 Å². The van der Waals surface area contributed by atoms with Crippen LogP contribution in [0.2, 0.25) is 0 Å². The summed E-state index contributed by atoms with van der Waals surface area (Å²) >= 11 is 11.5. The maximum Gasteiger partial charge on any atom is 0.294 e. The van der Waals surface area contributed by atoms with Gasteiger partial charge in [-0.25, -0.2) is 9.68 Å². The summed E-state index contributed by atoms with van der Waals surface area (Å²) in [6.07, 6.45) is 18.9. The summed E-state index contributed by atoms with van der Waals surface area (Å²) in [5, 5.41) is 13.6. The number of rotatable bonds is 37. The van der Waals surface area contributed by atoms with Gasteiger partial charge in [0.2, 0.25) is 23.6 Å². The summed E-state index contributed by atoms with van der Waals surface area (Å²) in [4.78, 5) is 48.2. The molecule has 1 aliphatic rings. The molecule has 17 nitrogen and oxygen atoms in total. The van der Waals surface area contributed by atoms with E-state index in [4.69, 9.17) is 9.52 Å². The number of phenols is 1. The first-order valence-electron chi connectivity index (χ1n) is 28.1. The highest BCUT2D eigenvalue weighted by Gasteiger charge is 2.34. The lowest BCUT2D eigenvalue weighted by molar-refractivity contribution is -0.149. The van der Waals surface area contributed by atoms with E-state index >= 15 is 0 Å². The number of likely N-dealkylation sites (tertiary alicyclic amines) is 1. The zero-order valence-corrected chi connectivity index (χ0v) is 52.0. The highest BCUT2D eigenvalue weighted by Crippen LogP contribution is 2.37. The molecule has 4 unspecified atom stereocenters. The molecule has 1 aliphatic heterocycles. The van der Waals surface area contributed by atoms with E-state index in [1.54, 1.807) is 6.92 Å². The van der Waals surface area contributed by atoms with Crippen molar-refractivity contribution in [1.29, 1.82) is 4.78 Å². The molecule has 22 heteroatoms. The van der Waals surface area contributed by atoms with E-state index in [0.29, 0.717) is 48.5 Å². The first-order chi connectivity index (χ1) is 36.9. The number of amides is 4. The maximum absolute atomic E-state index is 12.7. The number of benzene rings is 2. The van der Waals surface area contributed by atoms with Gasteiger partial charge in [0, 0.05) is 68.7 Å². The Morgan fingerprint density at radius 3 is 1.54 bits per heavy atom. The monoisotopic (exact) mass is 1190 g/mol. The zero-order valence-electron chi connectivity index (χ0n) is 47.7. The standard InChI is InChI=1S/C34H55N3O9S4.C22H39NO3.HNS/c1-5-26-20-30(50(43,44)45)22-28(19-27-21-29(49(40,41)42)18-25(4)33(27)39)34(26)46-17-16-35-32(38)13-7-6-12-31(23(2)10-8-14-36-47)24(3)11-9-15-37-48;1-5-7-11-17(3)19(18(4)12-8-6-2)13-9-10-14-20(24)23-21(25)15-16-22(23)26;1-2/h18,20-24,31,36-37,39,47-48H,5-17,19H2,1-4H3,(H,35,38)(H,40,41,42)(H,43,44,45);17-19H,5-16H2,1-4H3;1H. The molecule has 446 valence electrons. The van der Waals surface area contributed by atoms with Gasteiger partial charge in [-0.1, -0.05) is 125 Å². The van der Waals surface area contributed by atoms with Crippen LogP contribution in [0.25, 0.3) is 0 Å². The van der Waals surface area contributed by atoms with Gasteiger partial charge >= 0.3 is 0 Å². The number of phenolic OH excluding ortho intramolecular Hbond substituents is 1. The lowest BCUT2D eigenvalue weighted by Gasteiger charge is -2.30. The average molecular weight is 1190 g/mol. The van der Waals surface area contributed by atoms with Crippen molar-refractivity contribution >= 4 is 81.9 Å². The highest BCUT2D eigenvalue weighted by atomic mass is 32.2. The molecule has 1 saturated heterocycles. The Morgan fingerprint density at radius 1 is 0.654 bits per heavy atom. The quantitative estimate of drug-likeness (QED) is 0.0132. The number of nitrogens with zero attached hydrogens (tertiary/aromatic N) is 1. The van der Waals surface area contributed by atoms with Crippen molar-refractivity contribution in [3.8, 4) is 11.5 Å². The van der Waals surface area contributed by atoms with E-state index in [-0.39, 0.29) is 89.1 Å². The van der Waals surface area contributed by atoms with Crippen molar-refractivity contribution in [3.63, 3.8) is 0 Å². The van der Waals surface area contributed by atoms with Gasteiger partial charge in [-0.05, 0) is 136 Å². The van der Waals surface area contributed by atoms with Gasteiger partial charge in [0.1, 0.15) is 18.1 Å². The van der Waals surface area contributed by atoms with E-state index in [9.17, 15) is 50.2 Å². The first-order valence-corrected chi connectivity index (χ1v) is 32.3. The number of carbonyl (C=O) groups is 4. The number of hydrogen-bond acceptors (Lipinski definition) is 16. The van der Waals surface area contributed by atoms with E-state index in [1.807, 2.05) is 0 Å². The number of ether oxygens (including phenoxy) is 1. The molecule has 1 heterocycles. The van der Waals surface area contributed by atoms with E-state index < -0.39 is 25.1 Å². The van der Waals surface area contributed by atoms with E-state index in [1.165, 1.54) is 57.6 Å². The molecule has 4 atom stereocenters. The van der Waals surface area contributed by atoms with Crippen LogP contribution in [0.4, 0.5) is 0 Å². The number of unbranched alkanes of at least 4 members (excludes halogenated alkanes) is 4. The lowest BCUT2D eigenvalue weighted by Crippen LogP contribution is -2.35. The Bertz CT molecular complexity index is 2310. The molecule has 7 N–H and O–H groups in total. The maximum atomic E-state index is 12.7. The minimum absolute atomic E-state index is 0.0480. The molecule has 1 fully saturated rings. The molecule has 0 spiro atoms. The van der Waals surface area contributed by atoms with Gasteiger partial charge in [-0.3, -0.25) is 37.7 Å². The third kappa shape index (κ3) is 26.6. The minimum atomic E-state index is -4.61. The number of nitrogens with one attached hydrogen (secondary N) is 4. The van der Waals surface area contributed by atoms with Crippen molar-refractivity contribution < 1.29 is 55.0 Å². The molecule has 2 aromatic rings. The second-order valence-electron chi connectivity index (χ2n) is 21.1. The number of aromatic hydroxyl groups is 1. The second kappa shape index (κ2) is 39.3. The lowest BCUT2D eigenvalue weighted by atomic mass is 9.76. The molecule has 0 aliphatic carbocycles. The fourth-order valence-electron chi connectivity index (χ4n) is 10.7. The fourth-order valence-corrected chi connectivity index (χ4v) is 12.2. The summed E-state index contributed by atoms with van der Waals surface area (Å²) in [5.41, 5.74) is 0.989. The molecule has 0 aromatic heterocycles. The van der Waals surface area contributed by atoms with Crippen molar-refractivity contribution in [3.05, 3.63) is 46.5 Å². The summed E-state index contributed by atoms with van der Waals surface area (Å²) in [7, 11) is -9.21. The second-order valence-corrected chi connectivity index (χ2v) is 24.6. The van der Waals surface area contributed by atoms with Crippen LogP contribution in [0, 0.1) is 47.2 Å². The minimum Gasteiger partial charge on any atom is -0.507 e. The SMILES string of the molecule is CCCCC(C)C(CCCCC(=O)N1C(=O)CCC1=O)C(C)CCCC.CCc1cc(S(=O)(=O)O)cc(Cc2cc(S(=O)(=O)O)cc(C)c2O)c1OCCNC(=O)CCCCC(C(C)CCCNS)C(C)CCCNS.N=S. The van der Waals surface area contributed by atoms with Crippen LogP contribution in [0.15, 0.2) is 34.1 Å². The van der Waals surface area contributed by atoms with Gasteiger partial charge in [0.15, 0.2) is 0 Å². The van der Waals surface area contributed by atoms with Gasteiger partial charge in [-0.2, -0.15) is 16.8 Å².